The van der Waals surface area contributed by atoms with Crippen molar-refractivity contribution in [2.45, 2.75) is 6.92 Å². The Hall–Kier alpha value is -3.47. The molecule has 5 aromatic rings. The molecule has 32 heavy (non-hydrogen) atoms. The van der Waals surface area contributed by atoms with Gasteiger partial charge >= 0.3 is 0 Å². The minimum Gasteiger partial charge on any atom is -0.0622 e. The SMILES string of the molecule is Cc1cccc(-c2ccccc2)c1-c1ccccc1P(c1ccccc1)c1ccccc1. The lowest BCUT2D eigenvalue weighted by molar-refractivity contribution is 1.46. The van der Waals surface area contributed by atoms with E-state index in [2.05, 4.69) is 140 Å². The van der Waals surface area contributed by atoms with Crippen LogP contribution < -0.4 is 15.9 Å². The van der Waals surface area contributed by atoms with Gasteiger partial charge in [0.25, 0.3) is 0 Å². The summed E-state index contributed by atoms with van der Waals surface area (Å²) in [6.45, 7) is 2.23. The van der Waals surface area contributed by atoms with Gasteiger partial charge < -0.3 is 0 Å². The van der Waals surface area contributed by atoms with Gasteiger partial charge in [-0.05, 0) is 58.6 Å². The highest BCUT2D eigenvalue weighted by Gasteiger charge is 2.22. The molecule has 0 saturated carbocycles. The molecular formula is C31H25P. The average molecular weight is 429 g/mol. The third kappa shape index (κ3) is 4.03. The van der Waals surface area contributed by atoms with Crippen LogP contribution in [0.5, 0.6) is 0 Å². The van der Waals surface area contributed by atoms with Crippen LogP contribution in [0.2, 0.25) is 0 Å². The molecule has 0 bridgehead atoms. The first-order valence-corrected chi connectivity index (χ1v) is 12.3. The van der Waals surface area contributed by atoms with E-state index >= 15 is 0 Å². The molecule has 5 aromatic carbocycles. The van der Waals surface area contributed by atoms with Gasteiger partial charge in [-0.15, -0.1) is 0 Å². The standard InChI is InChI=1S/C31H25P/c1-24-14-13-22-28(25-15-5-2-6-16-25)31(24)29-21-11-12-23-30(29)32(26-17-7-3-8-18-26)27-19-9-4-10-20-27/h2-23H,1H3. The molecule has 0 nitrogen and oxygen atoms in total. The maximum atomic E-state index is 2.32. The maximum Gasteiger partial charge on any atom is -0.00695 e. The predicted octanol–water partition coefficient (Wildman–Crippen LogP) is 7.09. The topological polar surface area (TPSA) is 0 Å². The Morgan fingerprint density at radius 3 is 1.56 bits per heavy atom. The monoisotopic (exact) mass is 428 g/mol. The molecule has 0 saturated heterocycles. The van der Waals surface area contributed by atoms with E-state index in [1.165, 1.54) is 43.7 Å². The Balaban J connectivity index is 1.77. The van der Waals surface area contributed by atoms with Gasteiger partial charge in [-0.1, -0.05) is 133 Å². The van der Waals surface area contributed by atoms with E-state index < -0.39 is 7.92 Å². The molecule has 0 aromatic heterocycles. The summed E-state index contributed by atoms with van der Waals surface area (Å²) in [5, 5.41) is 4.14. The maximum absolute atomic E-state index is 2.32. The van der Waals surface area contributed by atoms with Crippen molar-refractivity contribution in [1.82, 2.24) is 0 Å². The van der Waals surface area contributed by atoms with Crippen molar-refractivity contribution in [2.24, 2.45) is 0 Å². The van der Waals surface area contributed by atoms with Gasteiger partial charge in [0.2, 0.25) is 0 Å². The second-order valence-electron chi connectivity index (χ2n) is 7.89. The minimum atomic E-state index is -0.684. The fourth-order valence-corrected chi connectivity index (χ4v) is 6.80. The van der Waals surface area contributed by atoms with Crippen LogP contribution in [0.4, 0.5) is 0 Å². The molecular weight excluding hydrogens is 403 g/mol. The predicted molar refractivity (Wildman–Crippen MR) is 141 cm³/mol. The summed E-state index contributed by atoms with van der Waals surface area (Å²) in [6.07, 6.45) is 0. The largest absolute Gasteiger partial charge is 0.0622 e. The van der Waals surface area contributed by atoms with Crippen LogP contribution in [0, 0.1) is 6.92 Å². The lowest BCUT2D eigenvalue weighted by Crippen LogP contribution is -2.22. The summed E-state index contributed by atoms with van der Waals surface area (Å²) in [7, 11) is -0.684. The molecule has 0 aliphatic heterocycles. The summed E-state index contributed by atoms with van der Waals surface area (Å²) in [6, 6.07) is 48.2. The molecule has 0 fully saturated rings. The molecule has 0 aliphatic rings. The Kier molecular flexibility index (Phi) is 5.97. The summed E-state index contributed by atoms with van der Waals surface area (Å²) < 4.78 is 0. The van der Waals surface area contributed by atoms with Crippen LogP contribution in [-0.4, -0.2) is 0 Å². The summed E-state index contributed by atoms with van der Waals surface area (Å²) in [4.78, 5) is 0. The molecule has 0 spiro atoms. The van der Waals surface area contributed by atoms with Crippen LogP contribution in [0.25, 0.3) is 22.3 Å². The van der Waals surface area contributed by atoms with Gasteiger partial charge in [0.15, 0.2) is 0 Å². The quantitative estimate of drug-likeness (QED) is 0.262. The molecule has 0 unspecified atom stereocenters. The van der Waals surface area contributed by atoms with Gasteiger partial charge in [-0.3, -0.25) is 0 Å². The number of benzene rings is 5. The summed E-state index contributed by atoms with van der Waals surface area (Å²) in [5.41, 5.74) is 6.49. The smallest absolute Gasteiger partial charge is 0.00695 e. The molecule has 0 aliphatic carbocycles. The van der Waals surface area contributed by atoms with E-state index in [0.29, 0.717) is 0 Å². The van der Waals surface area contributed by atoms with Crippen molar-refractivity contribution in [1.29, 1.82) is 0 Å². The highest BCUT2D eigenvalue weighted by atomic mass is 31.1. The fourth-order valence-electron chi connectivity index (χ4n) is 4.34. The van der Waals surface area contributed by atoms with Crippen LogP contribution >= 0.6 is 7.92 Å². The van der Waals surface area contributed by atoms with E-state index in [1.807, 2.05) is 0 Å². The normalized spacial score (nSPS) is 10.9. The number of rotatable bonds is 5. The van der Waals surface area contributed by atoms with E-state index in [0.717, 1.165) is 0 Å². The molecule has 0 radical (unpaired) electrons. The van der Waals surface area contributed by atoms with Crippen LogP contribution in [0.3, 0.4) is 0 Å². The molecule has 5 rings (SSSR count). The van der Waals surface area contributed by atoms with Crippen molar-refractivity contribution in [3.63, 3.8) is 0 Å². The Bertz CT molecular complexity index is 1270. The fraction of sp³-hybridized carbons (Fsp3) is 0.0323. The highest BCUT2D eigenvalue weighted by Crippen LogP contribution is 2.41. The number of hydrogen-bond acceptors (Lipinski definition) is 0. The highest BCUT2D eigenvalue weighted by molar-refractivity contribution is 7.80. The zero-order valence-electron chi connectivity index (χ0n) is 18.1. The van der Waals surface area contributed by atoms with Crippen molar-refractivity contribution in [3.05, 3.63) is 139 Å². The molecule has 0 amide bonds. The Morgan fingerprint density at radius 1 is 0.438 bits per heavy atom. The van der Waals surface area contributed by atoms with Crippen LogP contribution in [-0.2, 0) is 0 Å². The summed E-state index contributed by atoms with van der Waals surface area (Å²) in [5.74, 6) is 0. The second kappa shape index (κ2) is 9.35. The first kappa shape index (κ1) is 20.4. The van der Waals surface area contributed by atoms with Gasteiger partial charge in [0, 0.05) is 0 Å². The third-order valence-corrected chi connectivity index (χ3v) is 8.30. The lowest BCUT2D eigenvalue weighted by Gasteiger charge is -2.24. The number of hydrogen-bond donors (Lipinski definition) is 0. The molecule has 0 heterocycles. The average Bonchev–Trinajstić information content (AvgIpc) is 2.86. The second-order valence-corrected chi connectivity index (χ2v) is 10.1. The van der Waals surface area contributed by atoms with Crippen molar-refractivity contribution < 1.29 is 0 Å². The van der Waals surface area contributed by atoms with Gasteiger partial charge in [0.05, 0.1) is 0 Å². The van der Waals surface area contributed by atoms with Crippen molar-refractivity contribution in [3.8, 4) is 22.3 Å². The van der Waals surface area contributed by atoms with Gasteiger partial charge in [-0.25, -0.2) is 0 Å². The molecule has 0 atom stereocenters. The molecule has 154 valence electrons. The lowest BCUT2D eigenvalue weighted by atomic mass is 9.91. The first-order valence-electron chi connectivity index (χ1n) is 11.0. The molecule has 1 heteroatoms. The zero-order valence-corrected chi connectivity index (χ0v) is 19.0. The van der Waals surface area contributed by atoms with E-state index in [9.17, 15) is 0 Å². The van der Waals surface area contributed by atoms with Crippen molar-refractivity contribution in [2.75, 3.05) is 0 Å². The minimum absolute atomic E-state index is 0.684. The summed E-state index contributed by atoms with van der Waals surface area (Å²) >= 11 is 0. The Labute approximate surface area is 192 Å². The van der Waals surface area contributed by atoms with Gasteiger partial charge in [-0.2, -0.15) is 0 Å². The Morgan fingerprint density at radius 2 is 0.938 bits per heavy atom. The van der Waals surface area contributed by atoms with Gasteiger partial charge in [0.1, 0.15) is 0 Å². The van der Waals surface area contributed by atoms with Crippen LogP contribution in [0.15, 0.2) is 133 Å². The van der Waals surface area contributed by atoms with E-state index in [4.69, 9.17) is 0 Å². The van der Waals surface area contributed by atoms with E-state index in [-0.39, 0.29) is 0 Å². The number of aryl methyl sites for hydroxylation is 1. The third-order valence-electron chi connectivity index (χ3n) is 5.80. The van der Waals surface area contributed by atoms with E-state index in [1.54, 1.807) is 0 Å². The van der Waals surface area contributed by atoms with Crippen molar-refractivity contribution >= 4 is 23.8 Å². The molecule has 0 N–H and O–H groups in total. The zero-order chi connectivity index (χ0) is 21.8. The first-order chi connectivity index (χ1) is 15.8. The van der Waals surface area contributed by atoms with Crippen LogP contribution in [0.1, 0.15) is 5.56 Å².